The van der Waals surface area contributed by atoms with Crippen molar-refractivity contribution in [3.8, 4) is 11.5 Å². The van der Waals surface area contributed by atoms with Gasteiger partial charge in [0.05, 0.1) is 11.7 Å². The molecule has 1 saturated heterocycles. The van der Waals surface area contributed by atoms with Crippen molar-refractivity contribution in [2.24, 2.45) is 0 Å². The third kappa shape index (κ3) is 6.83. The molecule has 8 nitrogen and oxygen atoms in total. The van der Waals surface area contributed by atoms with Gasteiger partial charge in [0.2, 0.25) is 0 Å². The molecule has 0 amide bonds. The van der Waals surface area contributed by atoms with Crippen LogP contribution in [0.1, 0.15) is 49.3 Å². The number of rotatable bonds is 6. The minimum absolute atomic E-state index is 0.102. The summed E-state index contributed by atoms with van der Waals surface area (Å²) in [6.45, 7) is 18.6. The van der Waals surface area contributed by atoms with Gasteiger partial charge >= 0.3 is 11.7 Å². The maximum Gasteiger partial charge on any atom is 0.338 e. The van der Waals surface area contributed by atoms with Gasteiger partial charge in [-0.3, -0.25) is 14.3 Å². The smallest absolute Gasteiger partial charge is 0.338 e. The lowest BCUT2D eigenvalue weighted by Crippen LogP contribution is -2.52. The monoisotopic (exact) mass is 556 g/mol. The highest BCUT2D eigenvalue weighted by molar-refractivity contribution is 6.83. The van der Waals surface area contributed by atoms with E-state index < -0.39 is 51.5 Å². The Hall–Kier alpha value is -2.72. The molecular formula is C28H40N2O6Si2. The number of aryl methyl sites for hydroxylation is 1. The second-order valence-corrected chi connectivity index (χ2v) is 22.0. The van der Waals surface area contributed by atoms with E-state index in [1.807, 2.05) is 6.07 Å². The van der Waals surface area contributed by atoms with Gasteiger partial charge in [0.25, 0.3) is 5.56 Å². The molecule has 0 spiro atoms. The lowest BCUT2D eigenvalue weighted by Gasteiger charge is -2.41. The molecule has 0 radical (unpaired) electrons. The van der Waals surface area contributed by atoms with Crippen LogP contribution in [0.4, 0.5) is 0 Å². The van der Waals surface area contributed by atoms with Gasteiger partial charge in [-0.25, -0.2) is 9.59 Å². The number of H-pyrrole nitrogens is 1. The van der Waals surface area contributed by atoms with Crippen LogP contribution in [0.3, 0.4) is 0 Å². The molecule has 38 heavy (non-hydrogen) atoms. The van der Waals surface area contributed by atoms with Crippen LogP contribution in [0, 0.1) is 18.4 Å². The summed E-state index contributed by atoms with van der Waals surface area (Å²) in [5.41, 5.74) is 1.88. The number of carbonyl (C=O) groups excluding carboxylic acids is 1. The molecule has 0 saturated carbocycles. The second kappa shape index (κ2) is 10.8. The number of nitrogens with zero attached hydrogens (tertiary/aromatic N) is 1. The first-order valence-electron chi connectivity index (χ1n) is 12.9. The first-order chi connectivity index (χ1) is 17.4. The van der Waals surface area contributed by atoms with E-state index in [9.17, 15) is 14.4 Å². The lowest BCUT2D eigenvalue weighted by molar-refractivity contribution is -0.0930. The summed E-state index contributed by atoms with van der Waals surface area (Å²) in [5, 5.41) is -0.102. The normalized spacial score (nSPS) is 22.0. The number of hydrogen-bond acceptors (Lipinski definition) is 6. The minimum Gasteiger partial charge on any atom is -0.458 e. The maximum atomic E-state index is 12.9. The Morgan fingerprint density at radius 2 is 1.79 bits per heavy atom. The molecule has 2 aromatic rings. The van der Waals surface area contributed by atoms with Crippen LogP contribution < -0.4 is 11.2 Å². The van der Waals surface area contributed by atoms with E-state index in [-0.39, 0.29) is 11.6 Å². The van der Waals surface area contributed by atoms with Gasteiger partial charge in [0.1, 0.15) is 20.9 Å². The molecule has 3 atom stereocenters. The van der Waals surface area contributed by atoms with Gasteiger partial charge < -0.3 is 13.9 Å². The molecule has 1 aliphatic heterocycles. The number of aromatic amines is 1. The molecule has 1 aromatic carbocycles. The highest BCUT2D eigenvalue weighted by Gasteiger charge is 2.54. The number of hydrogen-bond donors (Lipinski definition) is 1. The van der Waals surface area contributed by atoms with Gasteiger partial charge in [0.15, 0.2) is 13.9 Å². The standard InChI is InChI=1S/C28H40N2O6Si2/c1-20-18-30(26(33)29-24(20)31)23-17-22(36-38(8,9)27(2,3)4)28(35-23,15-16-37(5,6)7)19-34-25(32)21-13-11-10-12-14-21/h10-14,18,22-23H,17,19H2,1-9H3,(H,29,31,33)/t22-,23+,28-/m0/s1. The zero-order valence-electron chi connectivity index (χ0n) is 23.9. The first-order valence-corrected chi connectivity index (χ1v) is 19.3. The van der Waals surface area contributed by atoms with E-state index >= 15 is 0 Å². The largest absolute Gasteiger partial charge is 0.458 e. The van der Waals surface area contributed by atoms with Crippen LogP contribution in [-0.4, -0.2) is 50.2 Å². The molecular weight excluding hydrogens is 516 g/mol. The molecule has 3 rings (SSSR count). The van der Waals surface area contributed by atoms with E-state index in [0.29, 0.717) is 17.5 Å². The molecule has 1 N–H and O–H groups in total. The predicted octanol–water partition coefficient (Wildman–Crippen LogP) is 4.63. The Morgan fingerprint density at radius 3 is 2.37 bits per heavy atom. The average Bonchev–Trinajstić information content (AvgIpc) is 3.15. The Bertz CT molecular complexity index is 1340. The molecule has 1 fully saturated rings. The highest BCUT2D eigenvalue weighted by Crippen LogP contribution is 2.44. The number of nitrogens with one attached hydrogen (secondary N) is 1. The molecule has 0 bridgehead atoms. The van der Waals surface area contributed by atoms with Crippen LogP contribution in [0.5, 0.6) is 0 Å². The summed E-state index contributed by atoms with van der Waals surface area (Å²) in [6, 6.07) is 8.75. The molecule has 2 heterocycles. The zero-order chi connectivity index (χ0) is 28.5. The summed E-state index contributed by atoms with van der Waals surface area (Å²) in [7, 11) is -4.23. The minimum atomic E-state index is -2.34. The van der Waals surface area contributed by atoms with Crippen molar-refractivity contribution < 1.29 is 18.7 Å². The van der Waals surface area contributed by atoms with Gasteiger partial charge in [-0.05, 0) is 37.2 Å². The highest BCUT2D eigenvalue weighted by atomic mass is 28.4. The SMILES string of the molecule is Cc1cn([C@H]2C[C@H](O[Si](C)(C)C(C)(C)C)[C@](C#C[Si](C)(C)C)(COC(=O)c3ccccc3)O2)c(=O)[nH]c1=O. The second-order valence-electron chi connectivity index (χ2n) is 12.5. The zero-order valence-corrected chi connectivity index (χ0v) is 25.9. The van der Waals surface area contributed by atoms with Crippen LogP contribution in [-0.2, 0) is 13.9 Å². The molecule has 0 aliphatic carbocycles. The van der Waals surface area contributed by atoms with Gasteiger partial charge in [-0.2, -0.15) is 0 Å². The van der Waals surface area contributed by atoms with Crippen LogP contribution in [0.2, 0.25) is 37.8 Å². The van der Waals surface area contributed by atoms with Gasteiger partial charge in [-0.15, -0.1) is 5.54 Å². The number of aromatic nitrogens is 2. The summed E-state index contributed by atoms with van der Waals surface area (Å²) >= 11 is 0. The van der Waals surface area contributed by atoms with E-state index in [1.54, 1.807) is 31.2 Å². The number of esters is 1. The maximum absolute atomic E-state index is 12.9. The number of carbonyl (C=O) groups is 1. The predicted molar refractivity (Wildman–Crippen MR) is 153 cm³/mol. The molecule has 0 unspecified atom stereocenters. The fourth-order valence-electron chi connectivity index (χ4n) is 3.78. The molecule has 206 valence electrons. The van der Waals surface area contributed by atoms with Crippen molar-refractivity contribution in [2.45, 2.75) is 89.8 Å². The molecule has 1 aromatic heterocycles. The van der Waals surface area contributed by atoms with E-state index in [0.717, 1.165) is 0 Å². The van der Waals surface area contributed by atoms with Gasteiger partial charge in [-0.1, -0.05) is 64.5 Å². The van der Waals surface area contributed by atoms with Crippen molar-refractivity contribution >= 4 is 22.4 Å². The number of ether oxygens (including phenoxy) is 2. The Kier molecular flexibility index (Phi) is 8.48. The van der Waals surface area contributed by atoms with Crippen LogP contribution >= 0.6 is 0 Å². The molecule has 10 heteroatoms. The third-order valence-electron chi connectivity index (χ3n) is 7.06. The summed E-state index contributed by atoms with van der Waals surface area (Å²) < 4.78 is 20.6. The summed E-state index contributed by atoms with van der Waals surface area (Å²) in [4.78, 5) is 40.1. The van der Waals surface area contributed by atoms with Crippen molar-refractivity contribution in [3.63, 3.8) is 0 Å². The summed E-state index contributed by atoms with van der Waals surface area (Å²) in [6.07, 6.45) is 0.466. The average molecular weight is 557 g/mol. The van der Waals surface area contributed by atoms with Crippen molar-refractivity contribution in [2.75, 3.05) is 6.61 Å². The quantitative estimate of drug-likeness (QED) is 0.316. The van der Waals surface area contributed by atoms with E-state index in [4.69, 9.17) is 13.9 Å². The number of benzene rings is 1. The lowest BCUT2D eigenvalue weighted by atomic mass is 9.99. The fourth-order valence-corrected chi connectivity index (χ4v) is 5.72. The van der Waals surface area contributed by atoms with Crippen molar-refractivity contribution in [3.05, 3.63) is 68.5 Å². The Labute approximate surface area is 226 Å². The van der Waals surface area contributed by atoms with E-state index in [2.05, 4.69) is 70.0 Å². The van der Waals surface area contributed by atoms with Crippen LogP contribution in [0.15, 0.2) is 46.1 Å². The summed E-state index contributed by atoms with van der Waals surface area (Å²) in [5.74, 6) is 2.84. The third-order valence-corrected chi connectivity index (χ3v) is 12.4. The van der Waals surface area contributed by atoms with E-state index in [1.165, 1.54) is 10.8 Å². The Morgan fingerprint density at radius 1 is 1.16 bits per heavy atom. The van der Waals surface area contributed by atoms with Gasteiger partial charge in [0, 0.05) is 18.2 Å². The topological polar surface area (TPSA) is 99.6 Å². The molecule has 1 aliphatic rings. The van der Waals surface area contributed by atoms with Crippen LogP contribution in [0.25, 0.3) is 0 Å². The first kappa shape index (κ1) is 29.8. The van der Waals surface area contributed by atoms with Crippen molar-refractivity contribution in [1.82, 2.24) is 9.55 Å². The Balaban J connectivity index is 2.10. The van der Waals surface area contributed by atoms with Crippen molar-refractivity contribution in [1.29, 1.82) is 0 Å². The fraction of sp³-hybridized carbons (Fsp3) is 0.536.